The molecule has 2 saturated carbocycles. The van der Waals surface area contributed by atoms with Gasteiger partial charge in [-0.25, -0.2) is 4.98 Å². The molecule has 0 spiro atoms. The van der Waals surface area contributed by atoms with Gasteiger partial charge in [-0.05, 0) is 25.7 Å². The Morgan fingerprint density at radius 3 is 2.47 bits per heavy atom. The molecule has 3 N–H and O–H groups in total. The Hall–Kier alpha value is -1.52. The van der Waals surface area contributed by atoms with E-state index in [9.17, 15) is 0 Å². The maximum atomic E-state index is 6.09. The van der Waals surface area contributed by atoms with Crippen LogP contribution >= 0.6 is 0 Å². The van der Waals surface area contributed by atoms with Gasteiger partial charge in [0.05, 0.1) is 7.11 Å². The normalized spacial score (nSPS) is 20.3. The lowest BCUT2D eigenvalue weighted by atomic mass is 9.95. The molecule has 1 aromatic heterocycles. The Kier molecular flexibility index (Phi) is 3.44. The summed E-state index contributed by atoms with van der Waals surface area (Å²) in [7, 11) is 1.61. The third-order valence-corrected chi connectivity index (χ3v) is 4.01. The number of nitrogens with zero attached hydrogens (tertiary/aromatic N) is 2. The Bertz CT molecular complexity index is 453. The second-order valence-corrected chi connectivity index (χ2v) is 5.61. The maximum Gasteiger partial charge on any atom is 0.242 e. The molecular formula is C14H22N4O. The number of nitrogen functional groups attached to an aromatic ring is 1. The van der Waals surface area contributed by atoms with Gasteiger partial charge in [0.2, 0.25) is 5.88 Å². The van der Waals surface area contributed by atoms with Gasteiger partial charge in [-0.3, -0.25) is 0 Å². The van der Waals surface area contributed by atoms with Crippen molar-refractivity contribution < 1.29 is 4.74 Å². The molecule has 0 atom stereocenters. The quantitative estimate of drug-likeness (QED) is 0.872. The standard InChI is InChI=1S/C14H22N4O/c1-19-14-11(15)13(16-10-5-3-2-4-6-10)17-12(18-14)9-7-8-9/h9-10H,2-8,15H2,1H3,(H,16,17,18). The minimum atomic E-state index is 0.489. The highest BCUT2D eigenvalue weighted by molar-refractivity contribution is 5.67. The molecule has 104 valence electrons. The fourth-order valence-corrected chi connectivity index (χ4v) is 2.70. The van der Waals surface area contributed by atoms with E-state index in [0.717, 1.165) is 11.6 Å². The number of nitrogens with two attached hydrogens (primary N) is 1. The number of hydrogen-bond acceptors (Lipinski definition) is 5. The SMILES string of the molecule is COc1nc(C2CC2)nc(NC2CCCCC2)c1N. The predicted octanol–water partition coefficient (Wildman–Crippen LogP) is 2.69. The van der Waals surface area contributed by atoms with Crippen molar-refractivity contribution >= 4 is 11.5 Å². The van der Waals surface area contributed by atoms with E-state index in [-0.39, 0.29) is 0 Å². The smallest absolute Gasteiger partial charge is 0.242 e. The molecule has 0 bridgehead atoms. The van der Waals surface area contributed by atoms with Crippen LogP contribution in [0.25, 0.3) is 0 Å². The average Bonchev–Trinajstić information content (AvgIpc) is 3.27. The monoisotopic (exact) mass is 262 g/mol. The zero-order chi connectivity index (χ0) is 13.2. The molecular weight excluding hydrogens is 240 g/mol. The van der Waals surface area contributed by atoms with Crippen molar-refractivity contribution in [2.75, 3.05) is 18.2 Å². The fourth-order valence-electron chi connectivity index (χ4n) is 2.70. The van der Waals surface area contributed by atoms with E-state index in [1.807, 2.05) is 0 Å². The number of anilines is 2. The molecule has 3 rings (SSSR count). The molecule has 5 heteroatoms. The van der Waals surface area contributed by atoms with Crippen molar-refractivity contribution in [1.82, 2.24) is 9.97 Å². The summed E-state index contributed by atoms with van der Waals surface area (Å²) in [5.74, 6) is 2.65. The van der Waals surface area contributed by atoms with E-state index in [2.05, 4.69) is 15.3 Å². The first-order valence-corrected chi connectivity index (χ1v) is 7.26. The lowest BCUT2D eigenvalue weighted by Crippen LogP contribution is -2.24. The number of aromatic nitrogens is 2. The third kappa shape index (κ3) is 2.74. The topological polar surface area (TPSA) is 73.1 Å². The van der Waals surface area contributed by atoms with Crippen LogP contribution in [0.15, 0.2) is 0 Å². The summed E-state index contributed by atoms with van der Waals surface area (Å²) in [5.41, 5.74) is 6.63. The zero-order valence-corrected chi connectivity index (χ0v) is 11.5. The average molecular weight is 262 g/mol. The molecule has 0 saturated heterocycles. The van der Waals surface area contributed by atoms with Crippen LogP contribution in [-0.2, 0) is 0 Å². The van der Waals surface area contributed by atoms with Crippen LogP contribution < -0.4 is 15.8 Å². The van der Waals surface area contributed by atoms with Crippen molar-refractivity contribution in [1.29, 1.82) is 0 Å². The molecule has 2 aliphatic carbocycles. The summed E-state index contributed by atoms with van der Waals surface area (Å²) in [6.07, 6.45) is 8.67. The molecule has 2 fully saturated rings. The Balaban J connectivity index is 1.83. The van der Waals surface area contributed by atoms with Gasteiger partial charge in [0.25, 0.3) is 0 Å². The Labute approximate surface area is 114 Å². The first kappa shape index (κ1) is 12.5. The van der Waals surface area contributed by atoms with Crippen molar-refractivity contribution in [3.05, 3.63) is 5.82 Å². The number of rotatable bonds is 4. The first-order valence-electron chi connectivity index (χ1n) is 7.26. The van der Waals surface area contributed by atoms with Gasteiger partial charge in [0, 0.05) is 12.0 Å². The summed E-state index contributed by atoms with van der Waals surface area (Å²) >= 11 is 0. The van der Waals surface area contributed by atoms with Gasteiger partial charge in [0.15, 0.2) is 5.82 Å². The van der Waals surface area contributed by atoms with Crippen LogP contribution in [0.1, 0.15) is 56.7 Å². The first-order chi connectivity index (χ1) is 9.28. The van der Waals surface area contributed by atoms with E-state index in [1.54, 1.807) is 7.11 Å². The minimum absolute atomic E-state index is 0.489. The molecule has 2 aliphatic rings. The number of methoxy groups -OCH3 is 1. The molecule has 19 heavy (non-hydrogen) atoms. The third-order valence-electron chi connectivity index (χ3n) is 4.01. The van der Waals surface area contributed by atoms with E-state index >= 15 is 0 Å². The summed E-state index contributed by atoms with van der Waals surface area (Å²) in [5, 5.41) is 3.49. The summed E-state index contributed by atoms with van der Waals surface area (Å²) in [6.45, 7) is 0. The molecule has 0 unspecified atom stereocenters. The summed E-state index contributed by atoms with van der Waals surface area (Å²) in [6, 6.07) is 0.489. The predicted molar refractivity (Wildman–Crippen MR) is 75.5 cm³/mol. The molecule has 0 aromatic carbocycles. The molecule has 0 amide bonds. The van der Waals surface area contributed by atoms with Gasteiger partial charge in [-0.2, -0.15) is 4.98 Å². The highest BCUT2D eigenvalue weighted by Gasteiger charge is 2.29. The van der Waals surface area contributed by atoms with E-state index in [1.165, 1.54) is 44.9 Å². The van der Waals surface area contributed by atoms with Crippen LogP contribution in [0.5, 0.6) is 5.88 Å². The second kappa shape index (κ2) is 5.23. The second-order valence-electron chi connectivity index (χ2n) is 5.61. The molecule has 5 nitrogen and oxygen atoms in total. The van der Waals surface area contributed by atoms with E-state index in [0.29, 0.717) is 23.5 Å². The van der Waals surface area contributed by atoms with E-state index < -0.39 is 0 Å². The lowest BCUT2D eigenvalue weighted by Gasteiger charge is -2.24. The van der Waals surface area contributed by atoms with Crippen LogP contribution in [0.3, 0.4) is 0 Å². The molecule has 1 heterocycles. The van der Waals surface area contributed by atoms with Crippen LogP contribution in [0.2, 0.25) is 0 Å². The zero-order valence-electron chi connectivity index (χ0n) is 11.5. The molecule has 1 aromatic rings. The van der Waals surface area contributed by atoms with Crippen LogP contribution in [-0.4, -0.2) is 23.1 Å². The van der Waals surface area contributed by atoms with Gasteiger partial charge in [-0.1, -0.05) is 19.3 Å². The largest absolute Gasteiger partial charge is 0.479 e. The summed E-state index contributed by atoms with van der Waals surface area (Å²) in [4.78, 5) is 9.02. The number of ether oxygens (including phenoxy) is 1. The summed E-state index contributed by atoms with van der Waals surface area (Å²) < 4.78 is 5.28. The Morgan fingerprint density at radius 2 is 1.84 bits per heavy atom. The lowest BCUT2D eigenvalue weighted by molar-refractivity contribution is 0.397. The highest BCUT2D eigenvalue weighted by atomic mass is 16.5. The Morgan fingerprint density at radius 1 is 1.11 bits per heavy atom. The number of nitrogens with one attached hydrogen (secondary N) is 1. The fraction of sp³-hybridized carbons (Fsp3) is 0.714. The van der Waals surface area contributed by atoms with Gasteiger partial charge in [-0.15, -0.1) is 0 Å². The van der Waals surface area contributed by atoms with Gasteiger partial charge in [0.1, 0.15) is 11.5 Å². The maximum absolute atomic E-state index is 6.09. The highest BCUT2D eigenvalue weighted by Crippen LogP contribution is 2.40. The minimum Gasteiger partial charge on any atom is -0.479 e. The van der Waals surface area contributed by atoms with Crippen molar-refractivity contribution in [3.63, 3.8) is 0 Å². The van der Waals surface area contributed by atoms with Crippen molar-refractivity contribution in [2.24, 2.45) is 0 Å². The molecule has 0 radical (unpaired) electrons. The van der Waals surface area contributed by atoms with Gasteiger partial charge < -0.3 is 15.8 Å². The van der Waals surface area contributed by atoms with Crippen molar-refractivity contribution in [2.45, 2.75) is 56.9 Å². The van der Waals surface area contributed by atoms with E-state index in [4.69, 9.17) is 10.5 Å². The van der Waals surface area contributed by atoms with Gasteiger partial charge >= 0.3 is 0 Å². The molecule has 0 aliphatic heterocycles. The van der Waals surface area contributed by atoms with Crippen LogP contribution in [0.4, 0.5) is 11.5 Å². The van der Waals surface area contributed by atoms with Crippen LogP contribution in [0, 0.1) is 0 Å². The van der Waals surface area contributed by atoms with Crippen molar-refractivity contribution in [3.8, 4) is 5.88 Å². The number of hydrogen-bond donors (Lipinski definition) is 2.